The number of anilines is 3. The van der Waals surface area contributed by atoms with Crippen molar-refractivity contribution in [3.8, 4) is 0 Å². The number of aromatic amines is 1. The van der Waals surface area contributed by atoms with Crippen molar-refractivity contribution >= 4 is 34.6 Å². The molecule has 1 aromatic carbocycles. The van der Waals surface area contributed by atoms with Crippen LogP contribution in [0.2, 0.25) is 0 Å². The molecule has 0 radical (unpaired) electrons. The van der Waals surface area contributed by atoms with E-state index in [4.69, 9.17) is 0 Å². The summed E-state index contributed by atoms with van der Waals surface area (Å²) in [4.78, 5) is 28.9. The fraction of sp³-hybridized carbons (Fsp3) is 0.500. The van der Waals surface area contributed by atoms with Crippen molar-refractivity contribution in [1.29, 1.82) is 0 Å². The van der Waals surface area contributed by atoms with E-state index in [1.54, 1.807) is 12.3 Å². The highest BCUT2D eigenvalue weighted by Crippen LogP contribution is 2.33. The van der Waals surface area contributed by atoms with Gasteiger partial charge in [-0.1, -0.05) is 19.8 Å². The minimum Gasteiger partial charge on any atom is -0.478 e. The Bertz CT molecular complexity index is 1070. The van der Waals surface area contributed by atoms with Crippen LogP contribution >= 0.6 is 0 Å². The zero-order chi connectivity index (χ0) is 21.4. The number of likely N-dealkylation sites (N-methyl/N-ethyl adjacent to an activating group) is 1. The number of nitrogens with one attached hydrogen (secondary N) is 2. The summed E-state index contributed by atoms with van der Waals surface area (Å²) in [6.45, 7) is 6.68. The SMILES string of the molecule is CCN1CCN(c2cc3[nH]c(Nc4nccn4C4CCCC4)nc3cc2C(=O)O)CC1. The van der Waals surface area contributed by atoms with Crippen molar-refractivity contribution in [3.05, 3.63) is 30.1 Å². The van der Waals surface area contributed by atoms with Crippen molar-refractivity contribution in [3.63, 3.8) is 0 Å². The fourth-order valence-electron chi connectivity index (χ4n) is 4.84. The number of carboxylic acid groups (broad SMARTS) is 1. The highest BCUT2D eigenvalue weighted by Gasteiger charge is 2.23. The second-order valence-electron chi connectivity index (χ2n) is 8.42. The van der Waals surface area contributed by atoms with E-state index >= 15 is 0 Å². The second kappa shape index (κ2) is 8.22. The highest BCUT2D eigenvalue weighted by molar-refractivity contribution is 6.00. The van der Waals surface area contributed by atoms with Crippen LogP contribution < -0.4 is 10.2 Å². The van der Waals surface area contributed by atoms with Crippen LogP contribution in [-0.2, 0) is 0 Å². The van der Waals surface area contributed by atoms with Crippen molar-refractivity contribution in [2.45, 2.75) is 38.6 Å². The molecule has 1 saturated carbocycles. The summed E-state index contributed by atoms with van der Waals surface area (Å²) < 4.78 is 2.18. The smallest absolute Gasteiger partial charge is 0.337 e. The van der Waals surface area contributed by atoms with Gasteiger partial charge in [0.25, 0.3) is 0 Å². The first-order valence-electron chi connectivity index (χ1n) is 11.2. The number of imidazole rings is 2. The number of rotatable bonds is 6. The summed E-state index contributed by atoms with van der Waals surface area (Å²) >= 11 is 0. The number of piperazine rings is 1. The maximum Gasteiger partial charge on any atom is 0.337 e. The molecule has 1 saturated heterocycles. The van der Waals surface area contributed by atoms with E-state index in [-0.39, 0.29) is 0 Å². The Kier molecular flexibility index (Phi) is 5.27. The Balaban J connectivity index is 1.43. The molecule has 2 aromatic heterocycles. The third-order valence-electron chi connectivity index (χ3n) is 6.61. The van der Waals surface area contributed by atoms with Crippen LogP contribution in [0.4, 0.5) is 17.6 Å². The molecule has 0 spiro atoms. The van der Waals surface area contributed by atoms with Crippen LogP contribution in [-0.4, -0.2) is 68.2 Å². The lowest BCUT2D eigenvalue weighted by molar-refractivity contribution is 0.0697. The molecular formula is C22H29N7O2. The molecule has 0 amide bonds. The van der Waals surface area contributed by atoms with Gasteiger partial charge in [-0.05, 0) is 31.5 Å². The summed E-state index contributed by atoms with van der Waals surface area (Å²) in [6.07, 6.45) is 8.65. The monoisotopic (exact) mass is 423 g/mol. The number of hydrogen-bond acceptors (Lipinski definition) is 6. The zero-order valence-corrected chi connectivity index (χ0v) is 17.8. The molecule has 164 valence electrons. The molecule has 2 fully saturated rings. The number of fused-ring (bicyclic) bond motifs is 1. The minimum absolute atomic E-state index is 0.294. The molecule has 3 heterocycles. The summed E-state index contributed by atoms with van der Waals surface area (Å²) in [7, 11) is 0. The number of H-pyrrole nitrogens is 1. The van der Waals surface area contributed by atoms with Crippen LogP contribution in [0.25, 0.3) is 11.0 Å². The molecule has 1 aliphatic carbocycles. The number of carbonyl (C=O) groups is 1. The lowest BCUT2D eigenvalue weighted by Crippen LogP contribution is -2.46. The first-order chi connectivity index (χ1) is 15.1. The maximum absolute atomic E-state index is 12.0. The summed E-state index contributed by atoms with van der Waals surface area (Å²) in [5.74, 6) is 0.411. The highest BCUT2D eigenvalue weighted by atomic mass is 16.4. The summed E-state index contributed by atoms with van der Waals surface area (Å²) in [5, 5.41) is 13.1. The van der Waals surface area contributed by atoms with Gasteiger partial charge in [-0.15, -0.1) is 0 Å². The van der Waals surface area contributed by atoms with Crippen LogP contribution in [0, 0.1) is 0 Å². The van der Waals surface area contributed by atoms with Crippen LogP contribution in [0.5, 0.6) is 0 Å². The van der Waals surface area contributed by atoms with Gasteiger partial charge in [0.2, 0.25) is 11.9 Å². The van der Waals surface area contributed by atoms with Gasteiger partial charge in [-0.3, -0.25) is 5.32 Å². The van der Waals surface area contributed by atoms with E-state index in [9.17, 15) is 9.90 Å². The van der Waals surface area contributed by atoms with Gasteiger partial charge in [0.15, 0.2) is 0 Å². The molecule has 3 N–H and O–H groups in total. The Hall–Kier alpha value is -3.07. The third kappa shape index (κ3) is 3.85. The number of nitrogens with zero attached hydrogens (tertiary/aromatic N) is 5. The van der Waals surface area contributed by atoms with Crippen LogP contribution in [0.1, 0.15) is 49.0 Å². The molecule has 9 heteroatoms. The molecule has 31 heavy (non-hydrogen) atoms. The molecule has 0 atom stereocenters. The topological polar surface area (TPSA) is 102 Å². The molecular weight excluding hydrogens is 394 g/mol. The van der Waals surface area contributed by atoms with Crippen molar-refractivity contribution in [2.24, 2.45) is 0 Å². The Morgan fingerprint density at radius 2 is 2.00 bits per heavy atom. The number of benzene rings is 1. The van der Waals surface area contributed by atoms with E-state index in [2.05, 4.69) is 41.6 Å². The Labute approximate surface area is 181 Å². The van der Waals surface area contributed by atoms with E-state index < -0.39 is 5.97 Å². The molecule has 1 aliphatic heterocycles. The van der Waals surface area contributed by atoms with Gasteiger partial charge in [-0.2, -0.15) is 0 Å². The van der Waals surface area contributed by atoms with Gasteiger partial charge in [0, 0.05) is 44.6 Å². The Morgan fingerprint density at radius 3 is 2.71 bits per heavy atom. The number of carboxylic acids is 1. The second-order valence-corrected chi connectivity index (χ2v) is 8.42. The number of hydrogen-bond donors (Lipinski definition) is 3. The number of aromatic nitrogens is 4. The normalized spacial score (nSPS) is 18.2. The van der Waals surface area contributed by atoms with E-state index in [1.807, 2.05) is 12.3 Å². The van der Waals surface area contributed by atoms with Gasteiger partial charge < -0.3 is 24.5 Å². The van der Waals surface area contributed by atoms with E-state index in [0.29, 0.717) is 23.1 Å². The summed E-state index contributed by atoms with van der Waals surface area (Å²) in [5.41, 5.74) is 2.50. The van der Waals surface area contributed by atoms with Crippen molar-refractivity contribution in [2.75, 3.05) is 42.9 Å². The quantitative estimate of drug-likeness (QED) is 0.558. The molecule has 5 rings (SSSR count). The van der Waals surface area contributed by atoms with Crippen molar-refractivity contribution in [1.82, 2.24) is 24.4 Å². The van der Waals surface area contributed by atoms with Gasteiger partial charge in [-0.25, -0.2) is 14.8 Å². The molecule has 0 unspecified atom stereocenters. The summed E-state index contributed by atoms with van der Waals surface area (Å²) in [6, 6.07) is 4.06. The van der Waals surface area contributed by atoms with E-state index in [0.717, 1.165) is 49.9 Å². The predicted octanol–water partition coefficient (Wildman–Crippen LogP) is 3.46. The minimum atomic E-state index is -0.927. The predicted molar refractivity (Wildman–Crippen MR) is 120 cm³/mol. The van der Waals surface area contributed by atoms with E-state index in [1.165, 1.54) is 25.7 Å². The number of aromatic carboxylic acids is 1. The van der Waals surface area contributed by atoms with Crippen LogP contribution in [0.3, 0.4) is 0 Å². The average molecular weight is 424 g/mol. The Morgan fingerprint density at radius 1 is 1.23 bits per heavy atom. The standard InChI is InChI=1S/C22H29N7O2/c1-2-27-9-11-28(12-10-27)19-14-18-17(13-16(19)20(30)31)24-21(25-18)26-22-23-7-8-29(22)15-5-3-4-6-15/h7-8,13-15H,2-6,9-12H2,1H3,(H,30,31)(H2,23,24,25,26). The fourth-order valence-corrected chi connectivity index (χ4v) is 4.84. The van der Waals surface area contributed by atoms with Gasteiger partial charge >= 0.3 is 5.97 Å². The lowest BCUT2D eigenvalue weighted by atomic mass is 10.1. The average Bonchev–Trinajstić information content (AvgIpc) is 3.53. The van der Waals surface area contributed by atoms with Crippen molar-refractivity contribution < 1.29 is 9.90 Å². The molecule has 2 aliphatic rings. The molecule has 3 aromatic rings. The first-order valence-corrected chi connectivity index (χ1v) is 11.2. The van der Waals surface area contributed by atoms with Gasteiger partial charge in [0.1, 0.15) is 0 Å². The van der Waals surface area contributed by atoms with Gasteiger partial charge in [0.05, 0.1) is 22.3 Å². The molecule has 9 nitrogen and oxygen atoms in total. The molecule has 0 bridgehead atoms. The zero-order valence-electron chi connectivity index (χ0n) is 17.8. The largest absolute Gasteiger partial charge is 0.478 e. The third-order valence-corrected chi connectivity index (χ3v) is 6.61. The lowest BCUT2D eigenvalue weighted by Gasteiger charge is -2.36. The first kappa shape index (κ1) is 19.9. The van der Waals surface area contributed by atoms with Crippen LogP contribution in [0.15, 0.2) is 24.5 Å². The maximum atomic E-state index is 12.0.